The number of fused-ring (bicyclic) bond motifs is 1. The van der Waals surface area contributed by atoms with Gasteiger partial charge in [0.2, 0.25) is 5.91 Å². The zero-order valence-corrected chi connectivity index (χ0v) is 15.2. The van der Waals surface area contributed by atoms with E-state index >= 15 is 0 Å². The summed E-state index contributed by atoms with van der Waals surface area (Å²) in [4.78, 5) is 19.7. The van der Waals surface area contributed by atoms with Crippen molar-refractivity contribution in [3.63, 3.8) is 0 Å². The minimum absolute atomic E-state index is 0.0779. The number of benzene rings is 2. The topological polar surface area (TPSA) is 57.8 Å². The lowest BCUT2D eigenvalue weighted by Gasteiger charge is -2.15. The summed E-state index contributed by atoms with van der Waals surface area (Å²) in [6, 6.07) is 12.8. The SMILES string of the molecule is C[C@@H](NC(=O)CSc1nc2ccc(Cl)cc2[nH]1)c1ccccc1Cl. The Morgan fingerprint density at radius 1 is 1.29 bits per heavy atom. The van der Waals surface area contributed by atoms with Crippen molar-refractivity contribution >= 4 is 51.9 Å². The van der Waals surface area contributed by atoms with Crippen LogP contribution in [0.3, 0.4) is 0 Å². The van der Waals surface area contributed by atoms with Crippen LogP contribution in [0.4, 0.5) is 0 Å². The highest BCUT2D eigenvalue weighted by Crippen LogP contribution is 2.24. The molecular formula is C17H15Cl2N3OS. The van der Waals surface area contributed by atoms with Crippen molar-refractivity contribution in [1.29, 1.82) is 0 Å². The molecule has 24 heavy (non-hydrogen) atoms. The molecule has 1 aromatic heterocycles. The molecule has 7 heteroatoms. The third-order valence-electron chi connectivity index (χ3n) is 3.51. The molecule has 1 heterocycles. The Bertz CT molecular complexity index is 881. The summed E-state index contributed by atoms with van der Waals surface area (Å²) in [7, 11) is 0. The fourth-order valence-electron chi connectivity index (χ4n) is 2.35. The van der Waals surface area contributed by atoms with Gasteiger partial charge in [-0.15, -0.1) is 0 Å². The maximum atomic E-state index is 12.1. The first-order valence-corrected chi connectivity index (χ1v) is 9.09. The van der Waals surface area contributed by atoms with Crippen molar-refractivity contribution < 1.29 is 4.79 Å². The molecule has 124 valence electrons. The van der Waals surface area contributed by atoms with Crippen LogP contribution in [0.5, 0.6) is 0 Å². The van der Waals surface area contributed by atoms with Gasteiger partial charge in [-0.3, -0.25) is 4.79 Å². The van der Waals surface area contributed by atoms with E-state index in [1.165, 1.54) is 11.8 Å². The van der Waals surface area contributed by atoms with Crippen molar-refractivity contribution in [2.24, 2.45) is 0 Å². The first kappa shape index (κ1) is 17.1. The van der Waals surface area contributed by atoms with E-state index in [0.717, 1.165) is 16.6 Å². The molecule has 0 unspecified atom stereocenters. The van der Waals surface area contributed by atoms with E-state index < -0.39 is 0 Å². The summed E-state index contributed by atoms with van der Waals surface area (Å²) < 4.78 is 0. The van der Waals surface area contributed by atoms with E-state index in [-0.39, 0.29) is 17.7 Å². The molecule has 0 aliphatic heterocycles. The van der Waals surface area contributed by atoms with Crippen LogP contribution in [0.1, 0.15) is 18.5 Å². The molecule has 0 spiro atoms. The molecule has 0 fully saturated rings. The molecule has 3 aromatic rings. The maximum Gasteiger partial charge on any atom is 0.230 e. The van der Waals surface area contributed by atoms with E-state index in [9.17, 15) is 4.79 Å². The van der Waals surface area contributed by atoms with Gasteiger partial charge in [0.05, 0.1) is 22.8 Å². The average Bonchev–Trinajstić information content (AvgIpc) is 2.95. The van der Waals surface area contributed by atoms with E-state index in [4.69, 9.17) is 23.2 Å². The number of nitrogens with one attached hydrogen (secondary N) is 2. The van der Waals surface area contributed by atoms with Gasteiger partial charge < -0.3 is 10.3 Å². The van der Waals surface area contributed by atoms with Gasteiger partial charge in [0, 0.05) is 10.0 Å². The highest BCUT2D eigenvalue weighted by Gasteiger charge is 2.13. The van der Waals surface area contributed by atoms with Crippen molar-refractivity contribution in [2.75, 3.05) is 5.75 Å². The van der Waals surface area contributed by atoms with Crippen molar-refractivity contribution in [3.8, 4) is 0 Å². The number of aromatic amines is 1. The Labute approximate surface area is 153 Å². The molecule has 0 bridgehead atoms. The lowest BCUT2D eigenvalue weighted by Crippen LogP contribution is -2.28. The van der Waals surface area contributed by atoms with Gasteiger partial charge >= 0.3 is 0 Å². The third-order valence-corrected chi connectivity index (χ3v) is 4.96. The highest BCUT2D eigenvalue weighted by molar-refractivity contribution is 7.99. The number of hydrogen-bond acceptors (Lipinski definition) is 3. The summed E-state index contributed by atoms with van der Waals surface area (Å²) in [5, 5.41) is 4.92. The summed E-state index contributed by atoms with van der Waals surface area (Å²) in [5.74, 6) is 0.188. The molecule has 4 nitrogen and oxygen atoms in total. The number of imidazole rings is 1. The number of hydrogen-bond donors (Lipinski definition) is 2. The van der Waals surface area contributed by atoms with Crippen LogP contribution < -0.4 is 5.32 Å². The summed E-state index contributed by atoms with van der Waals surface area (Å²) in [5.41, 5.74) is 2.58. The molecule has 0 aliphatic rings. The Hall–Kier alpha value is -1.69. The largest absolute Gasteiger partial charge is 0.349 e. The molecule has 2 aromatic carbocycles. The number of aromatic nitrogens is 2. The molecule has 0 saturated carbocycles. The van der Waals surface area contributed by atoms with Gasteiger partial charge in [-0.2, -0.15) is 0 Å². The van der Waals surface area contributed by atoms with E-state index in [1.54, 1.807) is 6.07 Å². The lowest BCUT2D eigenvalue weighted by atomic mass is 10.1. The van der Waals surface area contributed by atoms with Crippen LogP contribution in [0.2, 0.25) is 10.0 Å². The van der Waals surface area contributed by atoms with Gasteiger partial charge in [-0.1, -0.05) is 53.2 Å². The number of halogens is 2. The molecule has 0 radical (unpaired) electrons. The van der Waals surface area contributed by atoms with E-state index in [1.807, 2.05) is 43.3 Å². The van der Waals surface area contributed by atoms with Crippen molar-refractivity contribution in [3.05, 3.63) is 58.1 Å². The predicted octanol–water partition coefficient (Wildman–Crippen LogP) is 4.84. The Kier molecular flexibility index (Phi) is 5.33. The fraction of sp³-hybridized carbons (Fsp3) is 0.176. The zero-order chi connectivity index (χ0) is 17.1. The average molecular weight is 380 g/mol. The zero-order valence-electron chi connectivity index (χ0n) is 12.8. The standard InChI is InChI=1S/C17H15Cl2N3OS/c1-10(12-4-2-3-5-13(12)19)20-16(23)9-24-17-21-14-7-6-11(18)8-15(14)22-17/h2-8,10H,9H2,1H3,(H,20,23)(H,21,22)/t10-/m1/s1. The molecule has 1 amide bonds. The lowest BCUT2D eigenvalue weighted by molar-refractivity contribution is -0.119. The number of thioether (sulfide) groups is 1. The predicted molar refractivity (Wildman–Crippen MR) is 99.8 cm³/mol. The number of rotatable bonds is 5. The molecule has 0 aliphatic carbocycles. The van der Waals surface area contributed by atoms with Crippen LogP contribution in [0.25, 0.3) is 11.0 Å². The number of nitrogens with zero attached hydrogens (tertiary/aromatic N) is 1. The highest BCUT2D eigenvalue weighted by atomic mass is 35.5. The monoisotopic (exact) mass is 379 g/mol. The van der Waals surface area contributed by atoms with E-state index in [2.05, 4.69) is 15.3 Å². The fourth-order valence-corrected chi connectivity index (χ4v) is 3.52. The second-order valence-corrected chi connectivity index (χ2v) is 7.11. The van der Waals surface area contributed by atoms with Gasteiger partial charge in [-0.05, 0) is 36.8 Å². The third kappa shape index (κ3) is 4.04. The van der Waals surface area contributed by atoms with Gasteiger partial charge in [-0.25, -0.2) is 4.98 Å². The molecule has 1 atom stereocenters. The molecule has 2 N–H and O–H groups in total. The van der Waals surface area contributed by atoms with Gasteiger partial charge in [0.25, 0.3) is 0 Å². The molecule has 3 rings (SSSR count). The summed E-state index contributed by atoms with van der Waals surface area (Å²) in [6.07, 6.45) is 0. The minimum Gasteiger partial charge on any atom is -0.349 e. The maximum absolute atomic E-state index is 12.1. The van der Waals surface area contributed by atoms with Crippen LogP contribution in [0, 0.1) is 0 Å². The Morgan fingerprint density at radius 3 is 2.88 bits per heavy atom. The summed E-state index contributed by atoms with van der Waals surface area (Å²) in [6.45, 7) is 1.91. The number of H-pyrrole nitrogens is 1. The van der Waals surface area contributed by atoms with Gasteiger partial charge in [0.15, 0.2) is 5.16 Å². The van der Waals surface area contributed by atoms with Crippen molar-refractivity contribution in [2.45, 2.75) is 18.1 Å². The first-order chi connectivity index (χ1) is 11.5. The summed E-state index contributed by atoms with van der Waals surface area (Å²) >= 11 is 13.5. The Morgan fingerprint density at radius 2 is 2.08 bits per heavy atom. The Balaban J connectivity index is 1.59. The first-order valence-electron chi connectivity index (χ1n) is 7.35. The smallest absolute Gasteiger partial charge is 0.230 e. The number of carbonyl (C=O) groups excluding carboxylic acids is 1. The number of carbonyl (C=O) groups is 1. The second kappa shape index (κ2) is 7.47. The van der Waals surface area contributed by atoms with Crippen LogP contribution in [-0.2, 0) is 4.79 Å². The molecule has 0 saturated heterocycles. The minimum atomic E-state index is -0.152. The van der Waals surface area contributed by atoms with E-state index in [0.29, 0.717) is 15.2 Å². The van der Waals surface area contributed by atoms with Crippen molar-refractivity contribution in [1.82, 2.24) is 15.3 Å². The van der Waals surface area contributed by atoms with Crippen LogP contribution in [0.15, 0.2) is 47.6 Å². The van der Waals surface area contributed by atoms with Gasteiger partial charge in [0.1, 0.15) is 0 Å². The quantitative estimate of drug-likeness (QED) is 0.623. The second-order valence-electron chi connectivity index (χ2n) is 5.30. The van der Waals surface area contributed by atoms with Crippen LogP contribution >= 0.6 is 35.0 Å². The van der Waals surface area contributed by atoms with Crippen LogP contribution in [-0.4, -0.2) is 21.6 Å². The normalized spacial score (nSPS) is 12.3. The molecular weight excluding hydrogens is 365 g/mol. The number of amides is 1.